The Labute approximate surface area is 484 Å². The van der Waals surface area contributed by atoms with E-state index in [0.29, 0.717) is 19.3 Å². The van der Waals surface area contributed by atoms with E-state index in [0.717, 1.165) is 128 Å². The molecule has 0 heterocycles. The summed E-state index contributed by atoms with van der Waals surface area (Å²) in [7, 11) is 0. The first-order valence-electron chi connectivity index (χ1n) is 33.6. The number of carbonyl (C=O) groups excluding carboxylic acids is 3. The monoisotopic (exact) mass is 1090 g/mol. The summed E-state index contributed by atoms with van der Waals surface area (Å²) < 4.78 is 16.9. The lowest BCUT2D eigenvalue weighted by Gasteiger charge is -2.18. The molecule has 0 aromatic heterocycles. The summed E-state index contributed by atoms with van der Waals surface area (Å²) in [6.07, 6.45) is 87.4. The highest BCUT2D eigenvalue weighted by Crippen LogP contribution is 2.17. The van der Waals surface area contributed by atoms with E-state index in [2.05, 4.69) is 106 Å². The van der Waals surface area contributed by atoms with Gasteiger partial charge in [-0.25, -0.2) is 0 Å². The Balaban J connectivity index is 4.36. The summed E-state index contributed by atoms with van der Waals surface area (Å²) in [4.78, 5) is 38.4. The fourth-order valence-corrected chi connectivity index (χ4v) is 9.62. The van der Waals surface area contributed by atoms with Crippen molar-refractivity contribution in [1.29, 1.82) is 0 Å². The number of allylic oxidation sites excluding steroid dienone is 14. The Bertz CT molecular complexity index is 1480. The molecule has 0 aromatic rings. The molecule has 0 aromatic carbocycles. The van der Waals surface area contributed by atoms with Crippen LogP contribution in [-0.4, -0.2) is 37.2 Å². The molecule has 0 saturated heterocycles. The van der Waals surface area contributed by atoms with Gasteiger partial charge in [0.15, 0.2) is 6.10 Å². The molecule has 0 amide bonds. The van der Waals surface area contributed by atoms with Gasteiger partial charge < -0.3 is 14.2 Å². The minimum Gasteiger partial charge on any atom is -0.462 e. The Morgan fingerprint density at radius 1 is 0.269 bits per heavy atom. The second kappa shape index (κ2) is 66.1. The van der Waals surface area contributed by atoms with Crippen LogP contribution in [0.15, 0.2) is 85.1 Å². The first-order chi connectivity index (χ1) is 38.5. The third kappa shape index (κ3) is 63.4. The third-order valence-corrected chi connectivity index (χ3v) is 14.6. The van der Waals surface area contributed by atoms with Crippen molar-refractivity contribution in [1.82, 2.24) is 0 Å². The number of hydrogen-bond acceptors (Lipinski definition) is 6. The second-order valence-corrected chi connectivity index (χ2v) is 22.4. The number of unbranched alkanes of at least 4 members (excludes halogenated alkanes) is 36. The van der Waals surface area contributed by atoms with E-state index in [1.807, 2.05) is 0 Å². The van der Waals surface area contributed by atoms with Gasteiger partial charge in [0.25, 0.3) is 0 Å². The van der Waals surface area contributed by atoms with E-state index >= 15 is 0 Å². The average Bonchev–Trinajstić information content (AvgIpc) is 3.44. The van der Waals surface area contributed by atoms with Crippen LogP contribution >= 0.6 is 0 Å². The number of rotatable bonds is 61. The molecule has 6 nitrogen and oxygen atoms in total. The lowest BCUT2D eigenvalue weighted by molar-refractivity contribution is -0.167. The van der Waals surface area contributed by atoms with Crippen molar-refractivity contribution < 1.29 is 28.6 Å². The van der Waals surface area contributed by atoms with Crippen molar-refractivity contribution >= 4 is 17.9 Å². The molecule has 450 valence electrons. The van der Waals surface area contributed by atoms with Gasteiger partial charge in [0.2, 0.25) is 0 Å². The molecule has 0 N–H and O–H groups in total. The SMILES string of the molecule is CC/C=C\C/C=C\C/C=C\C/C=C\C/C=C\CCCCCCCC(=O)OC(COC(=O)CCCCCCC/C=C\C/C=C\CCCCC)COC(=O)CCCCCCCCCCCCCCCCCCCCCCCCCC. The summed E-state index contributed by atoms with van der Waals surface area (Å²) in [5.41, 5.74) is 0. The fraction of sp³-hybridized carbons (Fsp3) is 0.764. The van der Waals surface area contributed by atoms with Crippen LogP contribution in [0, 0.1) is 0 Å². The third-order valence-electron chi connectivity index (χ3n) is 14.6. The fourth-order valence-electron chi connectivity index (χ4n) is 9.62. The molecule has 0 aliphatic carbocycles. The summed E-state index contributed by atoms with van der Waals surface area (Å²) in [5, 5.41) is 0. The molecule has 0 fully saturated rings. The molecule has 6 heteroatoms. The molecule has 0 saturated carbocycles. The first kappa shape index (κ1) is 74.6. The van der Waals surface area contributed by atoms with Crippen molar-refractivity contribution in [3.63, 3.8) is 0 Å². The molecular formula is C72H126O6. The molecular weight excluding hydrogens is 961 g/mol. The normalized spacial score (nSPS) is 12.6. The molecule has 0 aliphatic heterocycles. The lowest BCUT2D eigenvalue weighted by atomic mass is 10.0. The standard InChI is InChI=1S/C72H126O6/c1-4-7-10-13-16-19-22-25-28-30-32-34-35-36-38-39-41-44-47-50-53-56-59-62-65-71(74)77-68-69(67-76-70(73)64-61-58-55-52-49-46-43-27-24-21-18-15-12-9-6-3)78-72(75)66-63-60-57-54-51-48-45-42-40-37-33-31-29-26-23-20-17-14-11-8-5-2/h8,11,17-18,20-21,26-27,29,33,37,42-43,45,69H,4-7,9-10,12-16,19,22-25,28,30-32,34-36,38-41,44,46-68H2,1-3H3/b11-8-,20-17-,21-18-,29-26-,37-33-,43-27-,45-42-. The number of hydrogen-bond donors (Lipinski definition) is 0. The van der Waals surface area contributed by atoms with E-state index in [9.17, 15) is 14.4 Å². The maximum Gasteiger partial charge on any atom is 0.306 e. The largest absolute Gasteiger partial charge is 0.462 e. The predicted molar refractivity (Wildman–Crippen MR) is 339 cm³/mol. The Morgan fingerprint density at radius 2 is 0.500 bits per heavy atom. The molecule has 0 bridgehead atoms. The van der Waals surface area contributed by atoms with E-state index in [1.165, 1.54) is 167 Å². The Hall–Kier alpha value is -3.41. The van der Waals surface area contributed by atoms with Gasteiger partial charge in [-0.05, 0) is 96.3 Å². The van der Waals surface area contributed by atoms with Gasteiger partial charge in [-0.1, -0.05) is 305 Å². The predicted octanol–water partition coefficient (Wildman–Crippen LogP) is 23.1. The lowest BCUT2D eigenvalue weighted by Crippen LogP contribution is -2.30. The van der Waals surface area contributed by atoms with Crippen molar-refractivity contribution in [3.8, 4) is 0 Å². The maximum absolute atomic E-state index is 12.9. The van der Waals surface area contributed by atoms with E-state index in [1.54, 1.807) is 0 Å². The van der Waals surface area contributed by atoms with Crippen LogP contribution in [0.4, 0.5) is 0 Å². The molecule has 78 heavy (non-hydrogen) atoms. The second-order valence-electron chi connectivity index (χ2n) is 22.4. The van der Waals surface area contributed by atoms with Crippen LogP contribution in [-0.2, 0) is 28.6 Å². The highest BCUT2D eigenvalue weighted by molar-refractivity contribution is 5.71. The van der Waals surface area contributed by atoms with Crippen LogP contribution in [0.25, 0.3) is 0 Å². The number of carbonyl (C=O) groups is 3. The minimum atomic E-state index is -0.794. The van der Waals surface area contributed by atoms with Crippen LogP contribution in [0.1, 0.15) is 335 Å². The molecule has 0 rings (SSSR count). The van der Waals surface area contributed by atoms with Crippen LogP contribution in [0.3, 0.4) is 0 Å². The Kier molecular flexibility index (Phi) is 63.2. The van der Waals surface area contributed by atoms with Crippen LogP contribution in [0.2, 0.25) is 0 Å². The molecule has 1 unspecified atom stereocenters. The zero-order valence-corrected chi connectivity index (χ0v) is 51.7. The molecule has 0 spiro atoms. The van der Waals surface area contributed by atoms with Crippen molar-refractivity contribution in [2.75, 3.05) is 13.2 Å². The quantitative estimate of drug-likeness (QED) is 0.0261. The van der Waals surface area contributed by atoms with Gasteiger partial charge in [0.05, 0.1) is 0 Å². The smallest absolute Gasteiger partial charge is 0.306 e. The Morgan fingerprint density at radius 3 is 0.808 bits per heavy atom. The van der Waals surface area contributed by atoms with Crippen molar-refractivity contribution in [2.45, 2.75) is 341 Å². The van der Waals surface area contributed by atoms with Gasteiger partial charge in [-0.3, -0.25) is 14.4 Å². The summed E-state index contributed by atoms with van der Waals surface area (Å²) in [6, 6.07) is 0. The topological polar surface area (TPSA) is 78.9 Å². The molecule has 0 radical (unpaired) electrons. The van der Waals surface area contributed by atoms with E-state index < -0.39 is 6.10 Å². The summed E-state index contributed by atoms with van der Waals surface area (Å²) in [6.45, 7) is 6.52. The first-order valence-corrected chi connectivity index (χ1v) is 33.6. The van der Waals surface area contributed by atoms with E-state index in [-0.39, 0.29) is 31.1 Å². The highest BCUT2D eigenvalue weighted by atomic mass is 16.6. The summed E-state index contributed by atoms with van der Waals surface area (Å²) in [5.74, 6) is -0.904. The minimum absolute atomic E-state index is 0.0866. The maximum atomic E-state index is 12.9. The zero-order valence-electron chi connectivity index (χ0n) is 51.7. The zero-order chi connectivity index (χ0) is 56.4. The van der Waals surface area contributed by atoms with Crippen molar-refractivity contribution in [3.05, 3.63) is 85.1 Å². The number of esters is 3. The summed E-state index contributed by atoms with van der Waals surface area (Å²) >= 11 is 0. The van der Waals surface area contributed by atoms with E-state index in [4.69, 9.17) is 14.2 Å². The molecule has 1 atom stereocenters. The van der Waals surface area contributed by atoms with Crippen LogP contribution < -0.4 is 0 Å². The van der Waals surface area contributed by atoms with Gasteiger partial charge >= 0.3 is 17.9 Å². The van der Waals surface area contributed by atoms with Gasteiger partial charge in [-0.2, -0.15) is 0 Å². The van der Waals surface area contributed by atoms with Crippen LogP contribution in [0.5, 0.6) is 0 Å². The van der Waals surface area contributed by atoms with Gasteiger partial charge in [0, 0.05) is 19.3 Å². The number of ether oxygens (including phenoxy) is 3. The van der Waals surface area contributed by atoms with Gasteiger partial charge in [-0.15, -0.1) is 0 Å². The highest BCUT2D eigenvalue weighted by Gasteiger charge is 2.19. The molecule has 0 aliphatic rings. The average molecular weight is 1090 g/mol. The van der Waals surface area contributed by atoms with Crippen molar-refractivity contribution in [2.24, 2.45) is 0 Å². The van der Waals surface area contributed by atoms with Gasteiger partial charge in [0.1, 0.15) is 13.2 Å².